The average molecular weight is 541 g/mol. The van der Waals surface area contributed by atoms with Crippen LogP contribution in [0.2, 0.25) is 0 Å². The van der Waals surface area contributed by atoms with Crippen molar-refractivity contribution < 1.29 is 27.4 Å². The second-order valence-electron chi connectivity index (χ2n) is 8.35. The molecule has 12 nitrogen and oxygen atoms in total. The van der Waals surface area contributed by atoms with Crippen LogP contribution in [0.3, 0.4) is 0 Å². The van der Waals surface area contributed by atoms with Gasteiger partial charge in [0.25, 0.3) is 0 Å². The van der Waals surface area contributed by atoms with E-state index in [2.05, 4.69) is 9.97 Å². The number of hydrogen-bond donors (Lipinski definition) is 0. The Kier molecular flexibility index (Phi) is 7.40. The fourth-order valence-corrected chi connectivity index (χ4v) is 5.66. The molecule has 1 aliphatic rings. The second-order valence-corrected chi connectivity index (χ2v) is 10.3. The number of ether oxygens (including phenoxy) is 4. The van der Waals surface area contributed by atoms with Gasteiger partial charge < -0.3 is 18.9 Å². The highest BCUT2D eigenvalue weighted by Crippen LogP contribution is 2.37. The molecular formula is C25H28N6O6S. The Labute approximate surface area is 220 Å². The number of benzene rings is 1. The van der Waals surface area contributed by atoms with E-state index >= 15 is 0 Å². The monoisotopic (exact) mass is 540 g/mol. The van der Waals surface area contributed by atoms with Crippen molar-refractivity contribution in [2.45, 2.75) is 12.7 Å². The molecule has 0 unspecified atom stereocenters. The van der Waals surface area contributed by atoms with E-state index in [1.54, 1.807) is 49.1 Å². The topological polar surface area (TPSA) is 131 Å². The van der Waals surface area contributed by atoms with E-state index < -0.39 is 10.0 Å². The number of fused-ring (bicyclic) bond motifs is 1. The molecule has 1 aliphatic heterocycles. The molecule has 0 amide bonds. The zero-order valence-electron chi connectivity index (χ0n) is 21.3. The van der Waals surface area contributed by atoms with Gasteiger partial charge >= 0.3 is 0 Å². The summed E-state index contributed by atoms with van der Waals surface area (Å²) in [7, 11) is -0.517. The van der Waals surface area contributed by atoms with Crippen molar-refractivity contribution in [2.24, 2.45) is 0 Å². The SMILES string of the molecule is CCOc1cccc(-c2nc3ncc(CS(=O)(=O)N4CCOCC4)nc3n2-c2c(OC)cccc2OC)n1. The summed E-state index contributed by atoms with van der Waals surface area (Å²) in [5.74, 6) is 1.54. The Balaban J connectivity index is 1.70. The number of pyridine rings is 1. The third-order valence-corrected chi connectivity index (χ3v) is 7.80. The van der Waals surface area contributed by atoms with Crippen molar-refractivity contribution in [3.63, 3.8) is 0 Å². The maximum Gasteiger partial charge on any atom is 0.220 e. The number of rotatable bonds is 9. The highest BCUT2D eigenvalue weighted by Gasteiger charge is 2.27. The van der Waals surface area contributed by atoms with Gasteiger partial charge in [0, 0.05) is 19.2 Å². The smallest absolute Gasteiger partial charge is 0.220 e. The Hall–Kier alpha value is -3.81. The van der Waals surface area contributed by atoms with Crippen LogP contribution < -0.4 is 14.2 Å². The summed E-state index contributed by atoms with van der Waals surface area (Å²) in [5.41, 5.74) is 1.96. The van der Waals surface area contributed by atoms with Gasteiger partial charge in [-0.25, -0.2) is 28.4 Å². The number of aromatic nitrogens is 5. The number of methoxy groups -OCH3 is 2. The van der Waals surface area contributed by atoms with Crippen LogP contribution in [0.25, 0.3) is 28.5 Å². The predicted octanol–water partition coefficient (Wildman–Crippen LogP) is 2.46. The number of imidazole rings is 1. The van der Waals surface area contributed by atoms with E-state index in [0.29, 0.717) is 78.8 Å². The lowest BCUT2D eigenvalue weighted by Crippen LogP contribution is -2.41. The van der Waals surface area contributed by atoms with E-state index in [9.17, 15) is 8.42 Å². The van der Waals surface area contributed by atoms with Gasteiger partial charge in [0.1, 0.15) is 28.6 Å². The molecule has 5 rings (SSSR count). The van der Waals surface area contributed by atoms with E-state index in [1.165, 1.54) is 10.5 Å². The summed E-state index contributed by atoms with van der Waals surface area (Å²) < 4.78 is 51.5. The van der Waals surface area contributed by atoms with E-state index in [4.69, 9.17) is 28.9 Å². The molecule has 200 valence electrons. The largest absolute Gasteiger partial charge is 0.494 e. The van der Waals surface area contributed by atoms with Crippen LogP contribution in [0.1, 0.15) is 12.6 Å². The molecule has 13 heteroatoms. The summed E-state index contributed by atoms with van der Waals surface area (Å²) in [6.07, 6.45) is 1.44. The number of hydrogen-bond acceptors (Lipinski definition) is 10. The minimum Gasteiger partial charge on any atom is -0.494 e. The minimum atomic E-state index is -3.62. The highest BCUT2D eigenvalue weighted by atomic mass is 32.2. The van der Waals surface area contributed by atoms with Crippen LogP contribution in [-0.2, 0) is 20.5 Å². The van der Waals surface area contributed by atoms with Crippen LogP contribution >= 0.6 is 0 Å². The van der Waals surface area contributed by atoms with Gasteiger partial charge in [-0.2, -0.15) is 4.31 Å². The predicted molar refractivity (Wildman–Crippen MR) is 139 cm³/mol. The Morgan fingerprint density at radius 3 is 2.37 bits per heavy atom. The van der Waals surface area contributed by atoms with Gasteiger partial charge in [-0.3, -0.25) is 4.57 Å². The summed E-state index contributed by atoms with van der Waals surface area (Å²) in [6, 6.07) is 10.8. The van der Waals surface area contributed by atoms with Gasteiger partial charge in [-0.05, 0) is 25.1 Å². The molecule has 38 heavy (non-hydrogen) atoms. The quantitative estimate of drug-likeness (QED) is 0.312. The third-order valence-electron chi connectivity index (χ3n) is 5.98. The molecule has 1 aromatic carbocycles. The standard InChI is InChI=1S/C25H28N6O6S/c1-4-37-21-10-5-7-18(28-21)24-29-23-25(31(24)22-19(34-2)8-6-9-20(22)35-3)27-17(15-26-23)16-38(32,33)30-11-13-36-14-12-30/h5-10,15H,4,11-14,16H2,1-3H3. The first-order valence-corrected chi connectivity index (χ1v) is 13.7. The molecule has 0 radical (unpaired) electrons. The first-order chi connectivity index (χ1) is 18.4. The molecule has 4 aromatic rings. The van der Waals surface area contributed by atoms with Crippen LogP contribution in [0.4, 0.5) is 0 Å². The molecule has 0 N–H and O–H groups in total. The van der Waals surface area contributed by atoms with Crippen molar-refractivity contribution in [1.29, 1.82) is 0 Å². The third kappa shape index (κ3) is 4.99. The van der Waals surface area contributed by atoms with Crippen molar-refractivity contribution in [3.8, 4) is 34.6 Å². The van der Waals surface area contributed by atoms with Crippen LogP contribution in [0.5, 0.6) is 17.4 Å². The number of nitrogens with zero attached hydrogens (tertiary/aromatic N) is 6. The molecule has 0 bridgehead atoms. The summed E-state index contributed by atoms with van der Waals surface area (Å²) >= 11 is 0. The van der Waals surface area contributed by atoms with Crippen molar-refractivity contribution in [3.05, 3.63) is 48.3 Å². The second kappa shape index (κ2) is 10.9. The van der Waals surface area contributed by atoms with Gasteiger partial charge in [0.2, 0.25) is 15.9 Å². The summed E-state index contributed by atoms with van der Waals surface area (Å²) in [5, 5.41) is 0. The average Bonchev–Trinajstić information content (AvgIpc) is 3.31. The van der Waals surface area contributed by atoms with Gasteiger partial charge in [0.15, 0.2) is 17.1 Å². The molecule has 0 spiro atoms. The normalized spacial score (nSPS) is 14.5. The van der Waals surface area contributed by atoms with Crippen molar-refractivity contribution in [1.82, 2.24) is 28.8 Å². The highest BCUT2D eigenvalue weighted by molar-refractivity contribution is 7.88. The van der Waals surface area contributed by atoms with Crippen molar-refractivity contribution >= 4 is 21.3 Å². The first kappa shape index (κ1) is 25.8. The zero-order chi connectivity index (χ0) is 26.7. The van der Waals surface area contributed by atoms with Crippen LogP contribution in [0, 0.1) is 0 Å². The Morgan fingerprint density at radius 2 is 1.68 bits per heavy atom. The molecule has 0 saturated carbocycles. The van der Waals surface area contributed by atoms with Gasteiger partial charge in [-0.15, -0.1) is 0 Å². The maximum atomic E-state index is 13.1. The van der Waals surface area contributed by atoms with Gasteiger partial charge in [0.05, 0.1) is 45.9 Å². The summed E-state index contributed by atoms with van der Waals surface area (Å²) in [6.45, 7) is 3.67. The van der Waals surface area contributed by atoms with E-state index in [1.807, 2.05) is 13.0 Å². The zero-order valence-corrected chi connectivity index (χ0v) is 22.1. The van der Waals surface area contributed by atoms with E-state index in [0.717, 1.165) is 0 Å². The lowest BCUT2D eigenvalue weighted by Gasteiger charge is -2.25. The molecule has 1 fully saturated rings. The summed E-state index contributed by atoms with van der Waals surface area (Å²) in [4.78, 5) is 18.5. The molecule has 0 aliphatic carbocycles. The Bertz CT molecular complexity index is 1530. The molecule has 0 atom stereocenters. The fourth-order valence-electron chi connectivity index (χ4n) is 4.26. The van der Waals surface area contributed by atoms with Crippen LogP contribution in [-0.4, -0.2) is 84.4 Å². The fraction of sp³-hybridized carbons (Fsp3) is 0.360. The molecular weight excluding hydrogens is 512 g/mol. The molecule has 1 saturated heterocycles. The molecule has 4 heterocycles. The molecule has 3 aromatic heterocycles. The van der Waals surface area contributed by atoms with Crippen molar-refractivity contribution in [2.75, 3.05) is 47.1 Å². The lowest BCUT2D eigenvalue weighted by molar-refractivity contribution is 0.0729. The first-order valence-electron chi connectivity index (χ1n) is 12.1. The number of para-hydroxylation sites is 1. The number of morpholine rings is 1. The number of sulfonamides is 1. The maximum absolute atomic E-state index is 13.1. The van der Waals surface area contributed by atoms with Crippen LogP contribution in [0.15, 0.2) is 42.6 Å². The van der Waals surface area contributed by atoms with E-state index in [-0.39, 0.29) is 11.4 Å². The van der Waals surface area contributed by atoms with Gasteiger partial charge in [-0.1, -0.05) is 12.1 Å². The minimum absolute atomic E-state index is 0.279. The lowest BCUT2D eigenvalue weighted by atomic mass is 10.2. The Morgan fingerprint density at radius 1 is 0.974 bits per heavy atom.